The van der Waals surface area contributed by atoms with Crippen molar-refractivity contribution in [2.24, 2.45) is 0 Å². The molecule has 12 heteroatoms. The number of nitrogens with one attached hydrogen (secondary N) is 1. The molecule has 0 aliphatic carbocycles. The second-order valence-corrected chi connectivity index (χ2v) is 7.14. The van der Waals surface area contributed by atoms with Gasteiger partial charge in [-0.15, -0.1) is 11.3 Å². The fraction of sp³-hybridized carbons (Fsp3) is 0.200. The van der Waals surface area contributed by atoms with E-state index in [1.165, 1.54) is 13.2 Å². The van der Waals surface area contributed by atoms with E-state index in [9.17, 15) is 24.5 Å². The Morgan fingerprint density at radius 1 is 1.28 bits per heavy atom. The number of pyridine rings is 1. The molecule has 0 bridgehead atoms. The predicted octanol–water partition coefficient (Wildman–Crippen LogP) is 3.59. The number of nitro groups is 1. The van der Waals surface area contributed by atoms with Gasteiger partial charge in [-0.3, -0.25) is 19.9 Å². The molecule has 0 aromatic carbocycles. The molecule has 1 amide bonds. The van der Waals surface area contributed by atoms with Crippen LogP contribution in [0.2, 0.25) is 0 Å². The molecule has 0 atom stereocenters. The normalized spacial score (nSPS) is 10.4. The van der Waals surface area contributed by atoms with Gasteiger partial charge in [0, 0.05) is 17.0 Å². The van der Waals surface area contributed by atoms with Gasteiger partial charge in [-0.05, 0) is 26.0 Å². The highest BCUT2D eigenvalue weighted by Gasteiger charge is 2.25. The number of carbonyl (C=O) groups excluding carboxylic acids is 3. The van der Waals surface area contributed by atoms with Gasteiger partial charge in [0.15, 0.2) is 6.61 Å². The van der Waals surface area contributed by atoms with Gasteiger partial charge in [-0.2, -0.15) is 0 Å². The Bertz CT molecular complexity index is 1170. The van der Waals surface area contributed by atoms with Gasteiger partial charge in [0.05, 0.1) is 29.1 Å². The summed E-state index contributed by atoms with van der Waals surface area (Å²) in [6.45, 7) is 2.58. The van der Waals surface area contributed by atoms with E-state index < -0.39 is 29.4 Å². The number of nitrogens with zero attached hydrogens (tertiary/aromatic N) is 2. The molecular weight excluding hydrogens is 442 g/mol. The Morgan fingerprint density at radius 2 is 2.06 bits per heavy atom. The molecule has 0 spiro atoms. The molecule has 0 saturated heterocycles. The highest BCUT2D eigenvalue weighted by Crippen LogP contribution is 2.36. The quantitative estimate of drug-likeness (QED) is 0.303. The highest BCUT2D eigenvalue weighted by atomic mass is 32.1. The van der Waals surface area contributed by atoms with Crippen molar-refractivity contribution >= 4 is 39.9 Å². The van der Waals surface area contributed by atoms with Crippen molar-refractivity contribution in [3.8, 4) is 11.3 Å². The minimum atomic E-state index is -0.943. The fourth-order valence-corrected chi connectivity index (χ4v) is 3.62. The van der Waals surface area contributed by atoms with Crippen LogP contribution in [0.3, 0.4) is 0 Å². The molecule has 0 aliphatic rings. The molecule has 0 unspecified atom stereocenters. The van der Waals surface area contributed by atoms with E-state index in [2.05, 4.69) is 10.3 Å². The number of esters is 2. The van der Waals surface area contributed by atoms with Crippen LogP contribution in [0.15, 0.2) is 40.5 Å². The number of hydrogen-bond donors (Lipinski definition) is 1. The third-order valence-corrected chi connectivity index (χ3v) is 5.04. The average molecular weight is 459 g/mol. The van der Waals surface area contributed by atoms with E-state index in [-0.39, 0.29) is 34.1 Å². The second kappa shape index (κ2) is 9.83. The number of rotatable bonds is 8. The number of furan rings is 1. The molecule has 1 N–H and O–H groups in total. The summed E-state index contributed by atoms with van der Waals surface area (Å²) >= 11 is 1.08. The number of amides is 1. The van der Waals surface area contributed by atoms with Crippen molar-refractivity contribution in [3.63, 3.8) is 0 Å². The Kier molecular flexibility index (Phi) is 6.95. The van der Waals surface area contributed by atoms with E-state index >= 15 is 0 Å². The van der Waals surface area contributed by atoms with Crippen molar-refractivity contribution in [1.29, 1.82) is 0 Å². The first-order valence-corrected chi connectivity index (χ1v) is 10.1. The van der Waals surface area contributed by atoms with Crippen molar-refractivity contribution in [2.75, 3.05) is 18.5 Å². The second-order valence-electron chi connectivity index (χ2n) is 6.26. The lowest BCUT2D eigenvalue weighted by Gasteiger charge is -2.09. The summed E-state index contributed by atoms with van der Waals surface area (Å²) in [5.74, 6) is -1.88. The smallest absolute Gasteiger partial charge is 0.341 e. The van der Waals surface area contributed by atoms with Gasteiger partial charge in [0.25, 0.3) is 11.6 Å². The van der Waals surface area contributed by atoms with Crippen LogP contribution < -0.4 is 5.32 Å². The number of carbonyl (C=O) groups is 3. The van der Waals surface area contributed by atoms with Gasteiger partial charge in [0.2, 0.25) is 0 Å². The number of hydrogen-bond acceptors (Lipinski definition) is 10. The van der Waals surface area contributed by atoms with E-state index in [1.54, 1.807) is 24.4 Å². The van der Waals surface area contributed by atoms with Crippen LogP contribution in [0.25, 0.3) is 11.3 Å². The Morgan fingerprint density at radius 3 is 2.72 bits per heavy atom. The maximum Gasteiger partial charge on any atom is 0.341 e. The lowest BCUT2D eigenvalue weighted by Crippen LogP contribution is -2.22. The lowest BCUT2D eigenvalue weighted by atomic mass is 10.1. The topological polar surface area (TPSA) is 151 Å². The molecule has 166 valence electrons. The summed E-state index contributed by atoms with van der Waals surface area (Å²) in [7, 11) is 0. The number of aryl methyl sites for hydroxylation is 1. The summed E-state index contributed by atoms with van der Waals surface area (Å²) in [4.78, 5) is 51.0. The molecular formula is C20H17N3O8S. The summed E-state index contributed by atoms with van der Waals surface area (Å²) in [5, 5.41) is 15.2. The molecule has 0 aliphatic heterocycles. The van der Waals surface area contributed by atoms with Crippen LogP contribution in [-0.4, -0.2) is 41.0 Å². The molecule has 0 saturated carbocycles. The van der Waals surface area contributed by atoms with Gasteiger partial charge in [0.1, 0.15) is 22.5 Å². The Labute approximate surface area is 185 Å². The third kappa shape index (κ3) is 4.98. The zero-order chi connectivity index (χ0) is 23.3. The molecule has 3 rings (SSSR count). The minimum Gasteiger partial charge on any atom is -0.464 e. The van der Waals surface area contributed by atoms with E-state index in [0.717, 1.165) is 23.6 Å². The lowest BCUT2D eigenvalue weighted by molar-refractivity contribution is -0.385. The highest BCUT2D eigenvalue weighted by molar-refractivity contribution is 7.15. The zero-order valence-corrected chi connectivity index (χ0v) is 17.8. The molecule has 3 aromatic rings. The maximum absolute atomic E-state index is 12.4. The Hall–Kier alpha value is -4.06. The average Bonchev–Trinajstić information content (AvgIpc) is 3.42. The third-order valence-electron chi connectivity index (χ3n) is 4.15. The van der Waals surface area contributed by atoms with Gasteiger partial charge in [-0.25, -0.2) is 9.59 Å². The monoisotopic (exact) mass is 459 g/mol. The minimum absolute atomic E-state index is 0.116. The van der Waals surface area contributed by atoms with Crippen molar-refractivity contribution in [1.82, 2.24) is 4.98 Å². The molecule has 32 heavy (non-hydrogen) atoms. The van der Waals surface area contributed by atoms with Crippen LogP contribution in [0, 0.1) is 17.0 Å². The molecule has 3 aromatic heterocycles. The summed E-state index contributed by atoms with van der Waals surface area (Å²) < 4.78 is 15.4. The predicted molar refractivity (Wildman–Crippen MR) is 113 cm³/mol. The zero-order valence-electron chi connectivity index (χ0n) is 16.9. The van der Waals surface area contributed by atoms with E-state index in [0.29, 0.717) is 11.3 Å². The van der Waals surface area contributed by atoms with Crippen LogP contribution in [0.4, 0.5) is 10.7 Å². The van der Waals surface area contributed by atoms with Gasteiger partial charge >= 0.3 is 11.9 Å². The molecule has 0 fully saturated rings. The largest absolute Gasteiger partial charge is 0.464 e. The standard InChI is InChI=1S/C20H17N3O8S/c1-3-29-20(26)17-14(15-5-4-6-30-15)10-32-18(17)22-16(24)9-31-19(25)13-7-12(23(27)28)8-21-11(13)2/h4-8,10H,3,9H2,1-2H3,(H,22,24). The van der Waals surface area contributed by atoms with Crippen LogP contribution in [0.5, 0.6) is 0 Å². The first kappa shape index (κ1) is 22.6. The Balaban J connectivity index is 1.73. The molecule has 11 nitrogen and oxygen atoms in total. The van der Waals surface area contributed by atoms with E-state index in [4.69, 9.17) is 13.9 Å². The van der Waals surface area contributed by atoms with Crippen LogP contribution >= 0.6 is 11.3 Å². The van der Waals surface area contributed by atoms with Gasteiger partial charge < -0.3 is 19.2 Å². The molecule has 3 heterocycles. The number of aromatic nitrogens is 1. The van der Waals surface area contributed by atoms with Crippen molar-refractivity contribution in [2.45, 2.75) is 13.8 Å². The number of ether oxygens (including phenoxy) is 2. The van der Waals surface area contributed by atoms with Gasteiger partial charge in [-0.1, -0.05) is 0 Å². The first-order chi connectivity index (χ1) is 15.3. The molecule has 0 radical (unpaired) electrons. The SMILES string of the molecule is CCOC(=O)c1c(-c2ccco2)csc1NC(=O)COC(=O)c1cc([N+](=O)[O-])cnc1C. The summed E-state index contributed by atoms with van der Waals surface area (Å²) in [5.41, 5.74) is 0.270. The number of anilines is 1. The van der Waals surface area contributed by atoms with E-state index in [1.807, 2.05) is 0 Å². The van der Waals surface area contributed by atoms with Crippen LogP contribution in [-0.2, 0) is 14.3 Å². The van der Waals surface area contributed by atoms with Crippen molar-refractivity contribution < 1.29 is 33.2 Å². The van der Waals surface area contributed by atoms with Crippen LogP contribution in [0.1, 0.15) is 33.3 Å². The maximum atomic E-state index is 12.4. The summed E-state index contributed by atoms with van der Waals surface area (Å²) in [6.07, 6.45) is 2.47. The fourth-order valence-electron chi connectivity index (χ4n) is 2.67. The first-order valence-electron chi connectivity index (χ1n) is 9.22. The van der Waals surface area contributed by atoms with Crippen molar-refractivity contribution in [3.05, 3.63) is 63.0 Å². The summed E-state index contributed by atoms with van der Waals surface area (Å²) in [6, 6.07) is 4.34. The number of thiophene rings is 1.